The topological polar surface area (TPSA) is 113 Å². The van der Waals surface area contributed by atoms with Gasteiger partial charge in [-0.15, -0.1) is 0 Å². The van der Waals surface area contributed by atoms with E-state index in [1.165, 1.54) is 89.9 Å². The Bertz CT molecular complexity index is 832. The summed E-state index contributed by atoms with van der Waals surface area (Å²) in [6, 6.07) is 0. The number of aliphatic hydroxyl groups excluding tert-OH is 3. The summed E-state index contributed by atoms with van der Waals surface area (Å²) in [6.07, 6.45) is 36.5. The highest BCUT2D eigenvalue weighted by atomic mass is 16.6. The molecule has 0 aromatic rings. The summed E-state index contributed by atoms with van der Waals surface area (Å²) in [6.45, 7) is 4.02. The van der Waals surface area contributed by atoms with Gasteiger partial charge in [0.1, 0.15) is 19.3 Å². The number of carbonyl (C=O) groups is 2. The largest absolute Gasteiger partial charge is 0.463 e. The maximum Gasteiger partial charge on any atom is 0.305 e. The lowest BCUT2D eigenvalue weighted by Gasteiger charge is -2.12. The van der Waals surface area contributed by atoms with Crippen LogP contribution in [0.3, 0.4) is 0 Å². The first-order valence-corrected chi connectivity index (χ1v) is 18.9. The summed E-state index contributed by atoms with van der Waals surface area (Å²) in [7, 11) is 0. The quantitative estimate of drug-likeness (QED) is 0.0278. The molecule has 272 valence electrons. The zero-order valence-corrected chi connectivity index (χ0v) is 30.0. The summed E-state index contributed by atoms with van der Waals surface area (Å²) >= 11 is 0. The predicted molar refractivity (Wildman–Crippen MR) is 194 cm³/mol. The minimum atomic E-state index is -1.05. The maximum atomic E-state index is 12.0. The summed E-state index contributed by atoms with van der Waals surface area (Å²) in [5, 5.41) is 30.0. The Hall–Kier alpha value is -2.22. The molecular formula is C40H70O7. The number of aliphatic hydroxyl groups is 3. The molecule has 0 aliphatic rings. The minimum absolute atomic E-state index is 0.125. The summed E-state index contributed by atoms with van der Waals surface area (Å²) in [4.78, 5) is 23.9. The molecule has 7 heteroatoms. The Morgan fingerprint density at radius 3 is 1.51 bits per heavy atom. The molecule has 3 atom stereocenters. The van der Waals surface area contributed by atoms with Crippen molar-refractivity contribution in [2.75, 3.05) is 13.2 Å². The second-order valence-corrected chi connectivity index (χ2v) is 12.8. The van der Waals surface area contributed by atoms with E-state index in [1.54, 1.807) is 36.5 Å². The molecule has 0 aliphatic carbocycles. The van der Waals surface area contributed by atoms with Crippen LogP contribution in [0.15, 0.2) is 48.6 Å². The highest BCUT2D eigenvalue weighted by Crippen LogP contribution is 2.14. The van der Waals surface area contributed by atoms with Gasteiger partial charge in [0.2, 0.25) is 0 Å². The molecule has 47 heavy (non-hydrogen) atoms. The molecule has 0 bridgehead atoms. The summed E-state index contributed by atoms with van der Waals surface area (Å²) < 4.78 is 10.2. The van der Waals surface area contributed by atoms with Crippen LogP contribution in [0.4, 0.5) is 0 Å². The SMILES string of the molecule is CCCCC/C=C\C[C@@H](O)/C=C/C=C/C=C\[C@@H](O)CCCC(=O)OC[C@H](O)COC(=O)CCCCCCCCCCCCCCCC. The number of esters is 2. The van der Waals surface area contributed by atoms with E-state index < -0.39 is 24.3 Å². The monoisotopic (exact) mass is 663 g/mol. The third-order valence-corrected chi connectivity index (χ3v) is 8.01. The molecule has 0 saturated carbocycles. The fourth-order valence-corrected chi connectivity index (χ4v) is 5.04. The van der Waals surface area contributed by atoms with E-state index in [0.717, 1.165) is 25.7 Å². The molecule has 0 spiro atoms. The van der Waals surface area contributed by atoms with Crippen LogP contribution < -0.4 is 0 Å². The number of ether oxygens (including phenoxy) is 2. The van der Waals surface area contributed by atoms with E-state index in [9.17, 15) is 24.9 Å². The van der Waals surface area contributed by atoms with Crippen molar-refractivity contribution in [3.05, 3.63) is 48.6 Å². The van der Waals surface area contributed by atoms with Crippen molar-refractivity contribution >= 4 is 11.9 Å². The zero-order chi connectivity index (χ0) is 34.6. The van der Waals surface area contributed by atoms with E-state index in [4.69, 9.17) is 9.47 Å². The van der Waals surface area contributed by atoms with E-state index in [0.29, 0.717) is 25.7 Å². The molecule has 0 fully saturated rings. The van der Waals surface area contributed by atoms with Gasteiger partial charge in [0.15, 0.2) is 0 Å². The smallest absolute Gasteiger partial charge is 0.305 e. The lowest BCUT2D eigenvalue weighted by molar-refractivity contribution is -0.152. The highest BCUT2D eigenvalue weighted by Gasteiger charge is 2.12. The van der Waals surface area contributed by atoms with Crippen molar-refractivity contribution in [3.8, 4) is 0 Å². The van der Waals surface area contributed by atoms with Gasteiger partial charge in [-0.05, 0) is 38.5 Å². The first-order chi connectivity index (χ1) is 22.9. The van der Waals surface area contributed by atoms with Gasteiger partial charge in [-0.1, -0.05) is 159 Å². The lowest BCUT2D eigenvalue weighted by Crippen LogP contribution is -2.25. The number of hydrogen-bond donors (Lipinski definition) is 3. The van der Waals surface area contributed by atoms with Gasteiger partial charge in [-0.2, -0.15) is 0 Å². The molecule has 0 unspecified atom stereocenters. The van der Waals surface area contributed by atoms with Crippen molar-refractivity contribution in [1.29, 1.82) is 0 Å². The van der Waals surface area contributed by atoms with Crippen molar-refractivity contribution in [3.63, 3.8) is 0 Å². The number of rotatable bonds is 33. The maximum absolute atomic E-state index is 12.0. The third-order valence-electron chi connectivity index (χ3n) is 8.01. The van der Waals surface area contributed by atoms with Crippen LogP contribution in [0, 0.1) is 0 Å². The second kappa shape index (κ2) is 35.1. The molecule has 0 aliphatic heterocycles. The number of unbranched alkanes of at least 4 members (excludes halogenated alkanes) is 16. The highest BCUT2D eigenvalue weighted by molar-refractivity contribution is 5.69. The van der Waals surface area contributed by atoms with Gasteiger partial charge in [-0.3, -0.25) is 9.59 Å². The number of allylic oxidation sites excluding steroid dienone is 5. The normalized spacial score (nSPS) is 14.1. The Morgan fingerprint density at radius 2 is 0.979 bits per heavy atom. The standard InChI is InChI=1S/C40H70O7/c1-3-5-7-9-11-12-13-14-15-16-17-18-20-26-32-39(44)46-34-38(43)35-47-40(45)33-27-31-37(42)30-25-22-21-24-29-36(41)28-23-19-10-8-6-4-2/h19,21-25,29-30,36-38,41-43H,3-18,20,26-28,31-35H2,1-2H3/b22-21+,23-19-,29-24+,30-25-/t36-,37-,38-/m1/s1. The number of carbonyl (C=O) groups excluding carboxylic acids is 2. The molecule has 0 heterocycles. The average Bonchev–Trinajstić information content (AvgIpc) is 3.06. The van der Waals surface area contributed by atoms with Crippen molar-refractivity contribution in [2.45, 2.75) is 180 Å². The first-order valence-electron chi connectivity index (χ1n) is 18.9. The van der Waals surface area contributed by atoms with Gasteiger partial charge in [0.25, 0.3) is 0 Å². The van der Waals surface area contributed by atoms with Crippen LogP contribution >= 0.6 is 0 Å². The Labute approximate surface area is 287 Å². The van der Waals surface area contributed by atoms with Gasteiger partial charge in [-0.25, -0.2) is 0 Å². The van der Waals surface area contributed by atoms with Crippen LogP contribution in [0.1, 0.15) is 162 Å². The van der Waals surface area contributed by atoms with Crippen LogP contribution in [0.25, 0.3) is 0 Å². The van der Waals surface area contributed by atoms with E-state index >= 15 is 0 Å². The van der Waals surface area contributed by atoms with Gasteiger partial charge in [0.05, 0.1) is 12.2 Å². The molecule has 0 amide bonds. The first kappa shape index (κ1) is 44.8. The summed E-state index contributed by atoms with van der Waals surface area (Å²) in [5.74, 6) is -0.797. The van der Waals surface area contributed by atoms with E-state index in [1.807, 2.05) is 6.08 Å². The van der Waals surface area contributed by atoms with E-state index in [-0.39, 0.29) is 25.6 Å². The number of hydrogen-bond acceptors (Lipinski definition) is 7. The fourth-order valence-electron chi connectivity index (χ4n) is 5.04. The van der Waals surface area contributed by atoms with Crippen LogP contribution in [0.5, 0.6) is 0 Å². The van der Waals surface area contributed by atoms with Crippen molar-refractivity contribution in [1.82, 2.24) is 0 Å². The molecule has 7 nitrogen and oxygen atoms in total. The van der Waals surface area contributed by atoms with E-state index in [2.05, 4.69) is 19.9 Å². The lowest BCUT2D eigenvalue weighted by atomic mass is 10.0. The van der Waals surface area contributed by atoms with Crippen molar-refractivity contribution < 1.29 is 34.4 Å². The zero-order valence-electron chi connectivity index (χ0n) is 30.0. The second-order valence-electron chi connectivity index (χ2n) is 12.8. The Balaban J connectivity index is 3.72. The molecular weight excluding hydrogens is 592 g/mol. The minimum Gasteiger partial charge on any atom is -0.463 e. The molecule has 0 rings (SSSR count). The summed E-state index contributed by atoms with van der Waals surface area (Å²) in [5.41, 5.74) is 0. The molecule has 0 aromatic heterocycles. The van der Waals surface area contributed by atoms with Crippen LogP contribution in [-0.2, 0) is 19.1 Å². The van der Waals surface area contributed by atoms with Crippen molar-refractivity contribution in [2.24, 2.45) is 0 Å². The molecule has 0 aromatic carbocycles. The molecule has 3 N–H and O–H groups in total. The third kappa shape index (κ3) is 34.9. The van der Waals surface area contributed by atoms with Crippen LogP contribution in [-0.4, -0.2) is 58.8 Å². The van der Waals surface area contributed by atoms with Crippen LogP contribution in [0.2, 0.25) is 0 Å². The average molecular weight is 663 g/mol. The van der Waals surface area contributed by atoms with Gasteiger partial charge < -0.3 is 24.8 Å². The fraction of sp³-hybridized carbons (Fsp3) is 0.750. The Kier molecular flexibility index (Phi) is 33.4. The Morgan fingerprint density at radius 1 is 0.532 bits per heavy atom. The van der Waals surface area contributed by atoms with Gasteiger partial charge in [0, 0.05) is 12.8 Å². The molecule has 0 saturated heterocycles. The molecule has 0 radical (unpaired) electrons. The van der Waals surface area contributed by atoms with Gasteiger partial charge >= 0.3 is 11.9 Å². The predicted octanol–water partition coefficient (Wildman–Crippen LogP) is 9.39.